The zero-order valence-corrected chi connectivity index (χ0v) is 13.2. The molecule has 1 saturated carbocycles. The maximum atomic E-state index is 12.3. The quantitative estimate of drug-likeness (QED) is 0.793. The van der Waals surface area contributed by atoms with Crippen LogP contribution in [0.1, 0.15) is 32.3 Å². The fourth-order valence-corrected chi connectivity index (χ4v) is 2.23. The SMILES string of the molecule is CC(C)CNC(=O)C1(C(=O)NCc2ccc(Cl)cc2)CC1. The van der Waals surface area contributed by atoms with Gasteiger partial charge in [0.05, 0.1) is 0 Å². The third kappa shape index (κ3) is 3.97. The molecule has 1 aliphatic carbocycles. The van der Waals surface area contributed by atoms with Gasteiger partial charge in [0.2, 0.25) is 11.8 Å². The summed E-state index contributed by atoms with van der Waals surface area (Å²) in [5, 5.41) is 6.36. The Bertz CT molecular complexity index is 522. The molecule has 0 saturated heterocycles. The van der Waals surface area contributed by atoms with Crippen molar-refractivity contribution in [2.45, 2.75) is 33.2 Å². The fraction of sp³-hybridized carbons (Fsp3) is 0.500. The first-order valence-electron chi connectivity index (χ1n) is 7.25. The van der Waals surface area contributed by atoms with Crippen LogP contribution in [-0.2, 0) is 16.1 Å². The van der Waals surface area contributed by atoms with E-state index in [4.69, 9.17) is 11.6 Å². The van der Waals surface area contributed by atoms with Gasteiger partial charge in [-0.25, -0.2) is 0 Å². The van der Waals surface area contributed by atoms with E-state index in [1.165, 1.54) is 0 Å². The third-order valence-electron chi connectivity index (χ3n) is 3.66. The number of carbonyl (C=O) groups excluding carboxylic acids is 2. The second-order valence-electron chi connectivity index (χ2n) is 6.00. The Labute approximate surface area is 130 Å². The van der Waals surface area contributed by atoms with Crippen LogP contribution in [0.25, 0.3) is 0 Å². The second-order valence-corrected chi connectivity index (χ2v) is 6.43. The average Bonchev–Trinajstić information content (AvgIpc) is 3.25. The average molecular weight is 309 g/mol. The highest BCUT2D eigenvalue weighted by Crippen LogP contribution is 2.46. The Morgan fingerprint density at radius 3 is 2.24 bits per heavy atom. The molecular formula is C16H21ClN2O2. The highest BCUT2D eigenvalue weighted by atomic mass is 35.5. The first-order valence-corrected chi connectivity index (χ1v) is 7.63. The van der Waals surface area contributed by atoms with E-state index in [2.05, 4.69) is 10.6 Å². The van der Waals surface area contributed by atoms with E-state index < -0.39 is 5.41 Å². The summed E-state index contributed by atoms with van der Waals surface area (Å²) in [5.74, 6) is 0.0467. The third-order valence-corrected chi connectivity index (χ3v) is 3.91. The summed E-state index contributed by atoms with van der Waals surface area (Å²) in [5.41, 5.74) is 0.118. The predicted molar refractivity (Wildman–Crippen MR) is 82.8 cm³/mol. The van der Waals surface area contributed by atoms with Gasteiger partial charge in [0.25, 0.3) is 0 Å². The van der Waals surface area contributed by atoms with E-state index in [-0.39, 0.29) is 11.8 Å². The highest BCUT2D eigenvalue weighted by Gasteiger charge is 2.56. The molecule has 1 aromatic carbocycles. The monoisotopic (exact) mass is 308 g/mol. The van der Waals surface area contributed by atoms with Crippen LogP contribution in [-0.4, -0.2) is 18.4 Å². The van der Waals surface area contributed by atoms with E-state index in [9.17, 15) is 9.59 Å². The van der Waals surface area contributed by atoms with E-state index in [0.29, 0.717) is 36.9 Å². The molecule has 21 heavy (non-hydrogen) atoms. The van der Waals surface area contributed by atoms with Crippen molar-refractivity contribution >= 4 is 23.4 Å². The summed E-state index contributed by atoms with van der Waals surface area (Å²) in [4.78, 5) is 24.4. The molecule has 0 heterocycles. The topological polar surface area (TPSA) is 58.2 Å². The molecule has 5 heteroatoms. The maximum Gasteiger partial charge on any atom is 0.235 e. The lowest BCUT2D eigenvalue weighted by molar-refractivity contribution is -0.137. The molecule has 2 N–H and O–H groups in total. The Kier molecular flexibility index (Phi) is 4.88. The minimum absolute atomic E-state index is 0.148. The molecule has 0 aliphatic heterocycles. The lowest BCUT2D eigenvalue weighted by Crippen LogP contribution is -2.43. The molecule has 0 radical (unpaired) electrons. The van der Waals surface area contributed by atoms with Gasteiger partial charge in [-0.05, 0) is 36.5 Å². The summed E-state index contributed by atoms with van der Waals surface area (Å²) in [6, 6.07) is 7.29. The summed E-state index contributed by atoms with van der Waals surface area (Å²) in [6.45, 7) is 5.07. The number of halogens is 1. The molecule has 0 bridgehead atoms. The van der Waals surface area contributed by atoms with Crippen LogP contribution in [0.2, 0.25) is 5.02 Å². The Balaban J connectivity index is 1.87. The van der Waals surface area contributed by atoms with Crippen LogP contribution in [0, 0.1) is 11.3 Å². The van der Waals surface area contributed by atoms with Gasteiger partial charge in [0.15, 0.2) is 0 Å². The van der Waals surface area contributed by atoms with Crippen molar-refractivity contribution in [2.24, 2.45) is 11.3 Å². The smallest absolute Gasteiger partial charge is 0.235 e. The molecule has 0 aromatic heterocycles. The predicted octanol–water partition coefficient (Wildman–Crippen LogP) is 2.51. The number of carbonyl (C=O) groups is 2. The Morgan fingerprint density at radius 2 is 1.71 bits per heavy atom. The molecule has 0 atom stereocenters. The summed E-state index contributed by atoms with van der Waals surface area (Å²) < 4.78 is 0. The molecule has 2 amide bonds. The molecule has 1 fully saturated rings. The highest BCUT2D eigenvalue weighted by molar-refractivity contribution is 6.30. The van der Waals surface area contributed by atoms with Gasteiger partial charge >= 0.3 is 0 Å². The van der Waals surface area contributed by atoms with Crippen molar-refractivity contribution in [3.63, 3.8) is 0 Å². The summed E-state index contributed by atoms with van der Waals surface area (Å²) in [7, 11) is 0. The maximum absolute atomic E-state index is 12.3. The van der Waals surface area contributed by atoms with Crippen LogP contribution in [0.5, 0.6) is 0 Å². The fourth-order valence-electron chi connectivity index (χ4n) is 2.10. The van der Waals surface area contributed by atoms with Gasteiger partial charge < -0.3 is 10.6 Å². The van der Waals surface area contributed by atoms with E-state index in [1.54, 1.807) is 12.1 Å². The molecule has 1 aliphatic rings. The number of amides is 2. The lowest BCUT2D eigenvalue weighted by atomic mass is 10.0. The van der Waals surface area contributed by atoms with Crippen LogP contribution in [0.4, 0.5) is 0 Å². The van der Waals surface area contributed by atoms with Crippen molar-refractivity contribution in [3.05, 3.63) is 34.9 Å². The Morgan fingerprint density at radius 1 is 1.14 bits per heavy atom. The van der Waals surface area contributed by atoms with Crippen LogP contribution < -0.4 is 10.6 Å². The molecule has 4 nitrogen and oxygen atoms in total. The number of hydrogen-bond acceptors (Lipinski definition) is 2. The van der Waals surface area contributed by atoms with E-state index in [1.807, 2.05) is 26.0 Å². The molecular weight excluding hydrogens is 288 g/mol. The van der Waals surface area contributed by atoms with Gasteiger partial charge in [-0.1, -0.05) is 37.6 Å². The van der Waals surface area contributed by atoms with Gasteiger partial charge in [0.1, 0.15) is 5.41 Å². The van der Waals surface area contributed by atoms with Crippen molar-refractivity contribution in [1.29, 1.82) is 0 Å². The van der Waals surface area contributed by atoms with Crippen molar-refractivity contribution in [2.75, 3.05) is 6.54 Å². The standard InChI is InChI=1S/C16H21ClN2O2/c1-11(2)9-18-14(20)16(7-8-16)15(21)19-10-12-3-5-13(17)6-4-12/h3-6,11H,7-10H2,1-2H3,(H,18,20)(H,19,21). The minimum atomic E-state index is -0.846. The first-order chi connectivity index (χ1) is 9.94. The summed E-state index contributed by atoms with van der Waals surface area (Å²) >= 11 is 5.82. The lowest BCUT2D eigenvalue weighted by Gasteiger charge is -2.16. The van der Waals surface area contributed by atoms with Crippen LogP contribution in [0.3, 0.4) is 0 Å². The minimum Gasteiger partial charge on any atom is -0.355 e. The normalized spacial score (nSPS) is 15.6. The van der Waals surface area contributed by atoms with Crippen molar-refractivity contribution < 1.29 is 9.59 Å². The largest absolute Gasteiger partial charge is 0.355 e. The van der Waals surface area contributed by atoms with Gasteiger partial charge in [-0.2, -0.15) is 0 Å². The first kappa shape index (κ1) is 15.8. The van der Waals surface area contributed by atoms with Crippen LogP contribution >= 0.6 is 11.6 Å². The zero-order chi connectivity index (χ0) is 15.5. The number of nitrogens with one attached hydrogen (secondary N) is 2. The van der Waals surface area contributed by atoms with Gasteiger partial charge in [0, 0.05) is 18.1 Å². The van der Waals surface area contributed by atoms with E-state index in [0.717, 1.165) is 5.56 Å². The molecule has 2 rings (SSSR count). The number of hydrogen-bond donors (Lipinski definition) is 2. The van der Waals surface area contributed by atoms with Crippen molar-refractivity contribution in [1.82, 2.24) is 10.6 Å². The molecule has 0 unspecified atom stereocenters. The number of benzene rings is 1. The zero-order valence-electron chi connectivity index (χ0n) is 12.4. The van der Waals surface area contributed by atoms with Gasteiger partial charge in [-0.15, -0.1) is 0 Å². The second kappa shape index (κ2) is 6.48. The van der Waals surface area contributed by atoms with Gasteiger partial charge in [-0.3, -0.25) is 9.59 Å². The molecule has 1 aromatic rings. The van der Waals surface area contributed by atoms with Crippen molar-refractivity contribution in [3.8, 4) is 0 Å². The van der Waals surface area contributed by atoms with Crippen LogP contribution in [0.15, 0.2) is 24.3 Å². The van der Waals surface area contributed by atoms with E-state index >= 15 is 0 Å². The molecule has 114 valence electrons. The summed E-state index contributed by atoms with van der Waals surface area (Å²) in [6.07, 6.45) is 1.26. The number of rotatable bonds is 6. The molecule has 0 spiro atoms. The Hall–Kier alpha value is -1.55.